The van der Waals surface area contributed by atoms with Crippen LogP contribution in [0.5, 0.6) is 17.2 Å². The second-order valence-electron chi connectivity index (χ2n) is 9.13. The minimum Gasteiger partial charge on any atom is -0.493 e. The molecule has 0 unspecified atom stereocenters. The number of carbonyl (C=O) groups is 4. The van der Waals surface area contributed by atoms with Crippen LogP contribution in [0.25, 0.3) is 0 Å². The highest BCUT2D eigenvalue weighted by Crippen LogP contribution is 2.37. The standard InChI is InChI=1S/C27H31NO7/c1-16(34-17(2)29)26(32)28-20-14-18-6-10-21(20)35-23-15-19(7-11-22(23)33-5)9-13-25(31)27(3,4)24(30)12-8-18/h6-7,10-11,14-16H,8-9,12-13H2,1-5H3,(H,28,32)/t16-/m0/s1. The summed E-state index contributed by atoms with van der Waals surface area (Å²) in [6.07, 6.45) is 0.221. The molecule has 2 aliphatic heterocycles. The van der Waals surface area contributed by atoms with Crippen molar-refractivity contribution in [3.63, 3.8) is 0 Å². The molecule has 2 aliphatic rings. The molecule has 1 atom stereocenters. The third-order valence-corrected chi connectivity index (χ3v) is 6.14. The molecule has 2 heterocycles. The predicted octanol–water partition coefficient (Wildman–Crippen LogP) is 4.42. The van der Waals surface area contributed by atoms with Gasteiger partial charge in [-0.05, 0) is 69.0 Å². The average molecular weight is 482 g/mol. The number of ketones is 2. The quantitative estimate of drug-likeness (QED) is 0.509. The van der Waals surface area contributed by atoms with Crippen LogP contribution in [0.2, 0.25) is 0 Å². The van der Waals surface area contributed by atoms with E-state index in [0.717, 1.165) is 11.1 Å². The number of hydrogen-bond donors (Lipinski definition) is 1. The molecule has 8 nitrogen and oxygen atoms in total. The van der Waals surface area contributed by atoms with Crippen LogP contribution in [0.15, 0.2) is 36.4 Å². The normalized spacial score (nSPS) is 16.4. The molecule has 1 N–H and O–H groups in total. The summed E-state index contributed by atoms with van der Waals surface area (Å²) in [6, 6.07) is 10.6. The molecule has 2 aromatic rings. The van der Waals surface area contributed by atoms with E-state index in [9.17, 15) is 19.2 Å². The van der Waals surface area contributed by atoms with Gasteiger partial charge in [-0.15, -0.1) is 0 Å². The molecular formula is C27H31NO7. The van der Waals surface area contributed by atoms with Crippen molar-refractivity contribution in [1.29, 1.82) is 0 Å². The first-order chi connectivity index (χ1) is 16.5. The van der Waals surface area contributed by atoms with Gasteiger partial charge in [0.25, 0.3) is 5.91 Å². The van der Waals surface area contributed by atoms with E-state index in [1.54, 1.807) is 44.2 Å². The lowest BCUT2D eigenvalue weighted by molar-refractivity contribution is -0.150. The molecular weight excluding hydrogens is 450 g/mol. The summed E-state index contributed by atoms with van der Waals surface area (Å²) < 4.78 is 16.6. The van der Waals surface area contributed by atoms with Crippen molar-refractivity contribution >= 4 is 29.1 Å². The van der Waals surface area contributed by atoms with Crippen LogP contribution < -0.4 is 14.8 Å². The molecule has 0 saturated carbocycles. The van der Waals surface area contributed by atoms with Gasteiger partial charge in [-0.25, -0.2) is 0 Å². The number of hydrogen-bond acceptors (Lipinski definition) is 7. The maximum Gasteiger partial charge on any atom is 0.303 e. The van der Waals surface area contributed by atoms with Gasteiger partial charge in [-0.2, -0.15) is 0 Å². The fourth-order valence-electron chi connectivity index (χ4n) is 3.83. The highest BCUT2D eigenvalue weighted by Gasteiger charge is 2.34. The summed E-state index contributed by atoms with van der Waals surface area (Å²) in [5.74, 6) is -0.0945. The van der Waals surface area contributed by atoms with Crippen molar-refractivity contribution in [1.82, 2.24) is 0 Å². The molecule has 0 saturated heterocycles. The number of ether oxygens (including phenoxy) is 3. The van der Waals surface area contributed by atoms with Gasteiger partial charge in [0.05, 0.1) is 18.2 Å². The van der Waals surface area contributed by atoms with Crippen molar-refractivity contribution in [2.75, 3.05) is 12.4 Å². The van der Waals surface area contributed by atoms with Gasteiger partial charge in [0.15, 0.2) is 23.4 Å². The summed E-state index contributed by atoms with van der Waals surface area (Å²) in [5, 5.41) is 2.76. The molecule has 8 heteroatoms. The highest BCUT2D eigenvalue weighted by atomic mass is 16.5. The lowest BCUT2D eigenvalue weighted by Gasteiger charge is -2.21. The highest BCUT2D eigenvalue weighted by molar-refractivity contribution is 6.06. The van der Waals surface area contributed by atoms with Gasteiger partial charge in [-0.3, -0.25) is 19.2 Å². The Morgan fingerprint density at radius 2 is 1.54 bits per heavy atom. The third-order valence-electron chi connectivity index (χ3n) is 6.14. The second-order valence-corrected chi connectivity index (χ2v) is 9.13. The van der Waals surface area contributed by atoms with E-state index >= 15 is 0 Å². The number of carbonyl (C=O) groups excluding carboxylic acids is 4. The van der Waals surface area contributed by atoms with Crippen LogP contribution in [-0.2, 0) is 36.8 Å². The van der Waals surface area contributed by atoms with E-state index in [2.05, 4.69) is 5.32 Å². The number of methoxy groups -OCH3 is 1. The molecule has 186 valence electrons. The van der Waals surface area contributed by atoms with E-state index in [0.29, 0.717) is 35.8 Å². The van der Waals surface area contributed by atoms with E-state index in [4.69, 9.17) is 14.2 Å². The number of aryl methyl sites for hydroxylation is 2. The number of rotatable bonds is 4. The number of nitrogens with one attached hydrogen (secondary N) is 1. The molecule has 0 aliphatic carbocycles. The predicted molar refractivity (Wildman–Crippen MR) is 130 cm³/mol. The topological polar surface area (TPSA) is 108 Å². The smallest absolute Gasteiger partial charge is 0.303 e. The van der Waals surface area contributed by atoms with E-state index in [1.807, 2.05) is 6.07 Å². The van der Waals surface area contributed by atoms with Crippen LogP contribution in [0.4, 0.5) is 5.69 Å². The molecule has 2 aromatic carbocycles. The average Bonchev–Trinajstić information content (AvgIpc) is 2.81. The summed E-state index contributed by atoms with van der Waals surface area (Å²) >= 11 is 0. The summed E-state index contributed by atoms with van der Waals surface area (Å²) in [7, 11) is 1.52. The van der Waals surface area contributed by atoms with Gasteiger partial charge < -0.3 is 19.5 Å². The van der Waals surface area contributed by atoms with Gasteiger partial charge in [0.2, 0.25) is 0 Å². The molecule has 0 radical (unpaired) electrons. The zero-order valence-corrected chi connectivity index (χ0v) is 20.7. The van der Waals surface area contributed by atoms with E-state index < -0.39 is 23.4 Å². The minimum absolute atomic E-state index is 0.113. The lowest BCUT2D eigenvalue weighted by Crippen LogP contribution is -2.34. The summed E-state index contributed by atoms with van der Waals surface area (Å²) in [6.45, 7) is 6.04. The van der Waals surface area contributed by atoms with Crippen molar-refractivity contribution in [2.24, 2.45) is 5.41 Å². The zero-order chi connectivity index (χ0) is 25.8. The number of amides is 1. The van der Waals surface area contributed by atoms with Gasteiger partial charge in [-0.1, -0.05) is 12.1 Å². The fraction of sp³-hybridized carbons (Fsp3) is 0.407. The first-order valence-corrected chi connectivity index (χ1v) is 11.5. The molecule has 1 amide bonds. The molecule has 0 fully saturated rings. The lowest BCUT2D eigenvalue weighted by atomic mass is 9.79. The first-order valence-electron chi connectivity index (χ1n) is 11.5. The molecule has 4 rings (SSSR count). The van der Waals surface area contributed by atoms with Crippen LogP contribution in [-0.4, -0.2) is 36.7 Å². The molecule has 35 heavy (non-hydrogen) atoms. The number of fused-ring (bicyclic) bond motifs is 8. The van der Waals surface area contributed by atoms with Crippen LogP contribution in [0.1, 0.15) is 51.7 Å². The Labute approximate surface area is 204 Å². The largest absolute Gasteiger partial charge is 0.493 e. The molecule has 0 aromatic heterocycles. The van der Waals surface area contributed by atoms with Crippen molar-refractivity contribution in [3.05, 3.63) is 47.5 Å². The molecule has 4 bridgehead atoms. The maximum atomic E-state index is 12.9. The second kappa shape index (κ2) is 10.7. The number of benzene rings is 2. The molecule has 0 spiro atoms. The number of esters is 1. The maximum absolute atomic E-state index is 12.9. The Hall–Kier alpha value is -3.68. The number of anilines is 1. The van der Waals surface area contributed by atoms with Gasteiger partial charge in [0.1, 0.15) is 11.6 Å². The van der Waals surface area contributed by atoms with E-state index in [-0.39, 0.29) is 24.4 Å². The minimum atomic E-state index is -1.09. The Kier molecular flexibility index (Phi) is 7.94. The monoisotopic (exact) mass is 481 g/mol. The Morgan fingerprint density at radius 1 is 0.943 bits per heavy atom. The van der Waals surface area contributed by atoms with Crippen LogP contribution in [0, 0.1) is 5.41 Å². The van der Waals surface area contributed by atoms with Crippen molar-refractivity contribution in [3.8, 4) is 17.2 Å². The zero-order valence-electron chi connectivity index (χ0n) is 20.7. The summed E-state index contributed by atoms with van der Waals surface area (Å²) in [4.78, 5) is 49.7. The van der Waals surface area contributed by atoms with Crippen LogP contribution >= 0.6 is 0 Å². The first kappa shape index (κ1) is 25.9. The van der Waals surface area contributed by atoms with E-state index in [1.165, 1.54) is 21.0 Å². The Morgan fingerprint density at radius 3 is 2.14 bits per heavy atom. The number of Topliss-reactive ketones (excluding diaryl/α,β-unsaturated/α-hetero) is 2. The Bertz CT molecular complexity index is 1150. The summed E-state index contributed by atoms with van der Waals surface area (Å²) in [5.41, 5.74) is 0.886. The Balaban J connectivity index is 2.05. The van der Waals surface area contributed by atoms with Gasteiger partial charge in [0, 0.05) is 19.8 Å². The van der Waals surface area contributed by atoms with Gasteiger partial charge >= 0.3 is 5.97 Å². The third kappa shape index (κ3) is 6.26. The van der Waals surface area contributed by atoms with Crippen molar-refractivity contribution in [2.45, 2.75) is 59.5 Å². The van der Waals surface area contributed by atoms with Crippen molar-refractivity contribution < 1.29 is 33.4 Å². The SMILES string of the molecule is COc1ccc2cc1Oc1ccc(cc1NC(=O)[C@H](C)OC(C)=O)CCC(=O)C(C)(C)C(=O)CC2. The van der Waals surface area contributed by atoms with Crippen LogP contribution in [0.3, 0.4) is 0 Å². The fourth-order valence-corrected chi connectivity index (χ4v) is 3.83.